The van der Waals surface area contributed by atoms with E-state index in [4.69, 9.17) is 9.16 Å². The molecule has 4 nitrogen and oxygen atoms in total. The molecule has 0 radical (unpaired) electrons. The molecule has 158 valence electrons. The van der Waals surface area contributed by atoms with Crippen LogP contribution in [0, 0.1) is 0 Å². The second-order valence-corrected chi connectivity index (χ2v) is 14.4. The molecule has 0 saturated carbocycles. The molecule has 0 aliphatic carbocycles. The van der Waals surface area contributed by atoms with E-state index in [1.807, 2.05) is 12.1 Å². The zero-order chi connectivity index (χ0) is 21.2. The quantitative estimate of drug-likeness (QED) is 0.431. The third-order valence-corrected chi connectivity index (χ3v) is 11.0. The van der Waals surface area contributed by atoms with Gasteiger partial charge < -0.3 is 14.1 Å². The minimum atomic E-state index is -1.91. The lowest BCUT2D eigenvalue weighted by Crippen LogP contribution is -2.46. The molecule has 0 spiro atoms. The van der Waals surface area contributed by atoms with Gasteiger partial charge >= 0.3 is 5.97 Å². The number of hydrogen-bond donors (Lipinski definition) is 0. The van der Waals surface area contributed by atoms with Crippen molar-refractivity contribution >= 4 is 14.3 Å². The second kappa shape index (κ2) is 8.48. The first-order chi connectivity index (χ1) is 13.7. The molecule has 3 rings (SSSR count). The fourth-order valence-electron chi connectivity index (χ4n) is 3.75. The summed E-state index contributed by atoms with van der Waals surface area (Å²) >= 11 is 0. The van der Waals surface area contributed by atoms with Crippen molar-refractivity contribution < 1.29 is 14.0 Å². The number of rotatable bonds is 7. The highest BCUT2D eigenvalue weighted by Crippen LogP contribution is 2.40. The minimum Gasteiger partial charge on any atom is -0.456 e. The van der Waals surface area contributed by atoms with Gasteiger partial charge in [0.05, 0.1) is 23.9 Å². The highest BCUT2D eigenvalue weighted by Gasteiger charge is 2.41. The van der Waals surface area contributed by atoms with Gasteiger partial charge in [-0.2, -0.15) is 0 Å². The van der Waals surface area contributed by atoms with Crippen LogP contribution >= 0.6 is 0 Å². The lowest BCUT2D eigenvalue weighted by Gasteiger charge is -2.44. The summed E-state index contributed by atoms with van der Waals surface area (Å²) in [5, 5.41) is 0.149. The summed E-state index contributed by atoms with van der Waals surface area (Å²) in [6, 6.07) is 10.8. The third kappa shape index (κ3) is 4.51. The number of carbonyl (C=O) groups is 1. The van der Waals surface area contributed by atoms with Gasteiger partial charge in [-0.3, -0.25) is 0 Å². The Labute approximate surface area is 176 Å². The van der Waals surface area contributed by atoms with E-state index in [9.17, 15) is 4.79 Å². The fraction of sp³-hybridized carbons (Fsp3) is 0.542. The van der Waals surface area contributed by atoms with Crippen molar-refractivity contribution in [1.82, 2.24) is 4.90 Å². The van der Waals surface area contributed by atoms with Crippen molar-refractivity contribution in [2.24, 2.45) is 0 Å². The summed E-state index contributed by atoms with van der Waals surface area (Å²) in [4.78, 5) is 14.6. The normalized spacial score (nSPS) is 20.7. The number of nitrogens with zero attached hydrogens (tertiary/aromatic N) is 1. The lowest BCUT2D eigenvalue weighted by molar-refractivity contribution is -0.135. The van der Waals surface area contributed by atoms with Crippen molar-refractivity contribution in [3.8, 4) is 0 Å². The van der Waals surface area contributed by atoms with E-state index in [1.165, 1.54) is 5.56 Å². The molecule has 0 saturated heterocycles. The van der Waals surface area contributed by atoms with Crippen molar-refractivity contribution in [3.05, 3.63) is 59.3 Å². The molecule has 2 aliphatic heterocycles. The maximum Gasteiger partial charge on any atom is 0.340 e. The minimum absolute atomic E-state index is 0.0475. The van der Waals surface area contributed by atoms with Crippen LogP contribution < -0.4 is 0 Å². The summed E-state index contributed by atoms with van der Waals surface area (Å²) in [6.07, 6.45) is 6.23. The average molecular weight is 414 g/mol. The molecule has 0 N–H and O–H groups in total. The van der Waals surface area contributed by atoms with E-state index < -0.39 is 8.32 Å². The number of ether oxygens (including phenoxy) is 1. The maximum absolute atomic E-state index is 12.2. The van der Waals surface area contributed by atoms with Crippen LogP contribution in [0.15, 0.2) is 53.8 Å². The molecule has 5 heteroatoms. The maximum atomic E-state index is 12.2. The molecule has 2 heterocycles. The summed E-state index contributed by atoms with van der Waals surface area (Å²) in [7, 11) is -1.91. The summed E-state index contributed by atoms with van der Waals surface area (Å²) in [5.74, 6) is -0.215. The van der Waals surface area contributed by atoms with Crippen LogP contribution in [0.4, 0.5) is 0 Å². The van der Waals surface area contributed by atoms with Crippen LogP contribution in [-0.2, 0) is 14.0 Å². The standard InChI is InChI=1S/C24H35NO3Si/c1-7-11-19-14-15-20-22(16-27-23(20)26)25(19)21(18-12-9-8-10-13-18)17-28-29(5,6)24(2,3)4/h8-10,12-15,19,21H,7,11,16-17H2,1-6H3/t19?,21-/m1/s1. The monoisotopic (exact) mass is 413 g/mol. The number of cyclic esters (lactones) is 1. The van der Waals surface area contributed by atoms with Crippen LogP contribution in [0.5, 0.6) is 0 Å². The van der Waals surface area contributed by atoms with Crippen molar-refractivity contribution in [2.45, 2.75) is 70.8 Å². The highest BCUT2D eigenvalue weighted by molar-refractivity contribution is 6.74. The number of benzene rings is 1. The zero-order valence-corrected chi connectivity index (χ0v) is 19.7. The Balaban J connectivity index is 1.99. The van der Waals surface area contributed by atoms with Gasteiger partial charge in [0, 0.05) is 6.04 Å². The van der Waals surface area contributed by atoms with Gasteiger partial charge in [-0.25, -0.2) is 4.79 Å². The largest absolute Gasteiger partial charge is 0.456 e. The molecule has 0 fully saturated rings. The van der Waals surface area contributed by atoms with Gasteiger partial charge in [0.25, 0.3) is 0 Å². The Morgan fingerprint density at radius 3 is 2.55 bits per heavy atom. The number of carbonyl (C=O) groups excluding carboxylic acids is 1. The summed E-state index contributed by atoms with van der Waals surface area (Å²) in [5.41, 5.74) is 2.92. The fourth-order valence-corrected chi connectivity index (χ4v) is 4.76. The van der Waals surface area contributed by atoms with E-state index in [-0.39, 0.29) is 23.1 Å². The molecule has 2 aliphatic rings. The van der Waals surface area contributed by atoms with Crippen LogP contribution in [0.3, 0.4) is 0 Å². The molecule has 2 atom stereocenters. The lowest BCUT2D eigenvalue weighted by atomic mass is 9.96. The van der Waals surface area contributed by atoms with E-state index in [2.05, 4.69) is 76.0 Å². The van der Waals surface area contributed by atoms with Gasteiger partial charge in [-0.05, 0) is 36.2 Å². The first kappa shape index (κ1) is 21.8. The predicted molar refractivity (Wildman–Crippen MR) is 120 cm³/mol. The molecule has 1 aromatic rings. The van der Waals surface area contributed by atoms with Gasteiger partial charge in [0.15, 0.2) is 8.32 Å². The average Bonchev–Trinajstić information content (AvgIpc) is 3.04. The smallest absolute Gasteiger partial charge is 0.340 e. The van der Waals surface area contributed by atoms with E-state index in [0.29, 0.717) is 18.8 Å². The summed E-state index contributed by atoms with van der Waals surface area (Å²) in [6.45, 7) is 14.6. The Morgan fingerprint density at radius 1 is 1.24 bits per heavy atom. The first-order valence-corrected chi connectivity index (χ1v) is 13.6. The van der Waals surface area contributed by atoms with Crippen molar-refractivity contribution in [1.29, 1.82) is 0 Å². The van der Waals surface area contributed by atoms with E-state index in [1.54, 1.807) is 0 Å². The molecule has 29 heavy (non-hydrogen) atoms. The van der Waals surface area contributed by atoms with Gasteiger partial charge in [0.2, 0.25) is 0 Å². The second-order valence-electron chi connectivity index (χ2n) is 9.56. The molecule has 0 bridgehead atoms. The molecule has 1 unspecified atom stereocenters. The third-order valence-electron chi connectivity index (χ3n) is 6.54. The topological polar surface area (TPSA) is 38.8 Å². The van der Waals surface area contributed by atoms with Crippen LogP contribution in [0.25, 0.3) is 0 Å². The summed E-state index contributed by atoms with van der Waals surface area (Å²) < 4.78 is 12.1. The van der Waals surface area contributed by atoms with Gasteiger partial charge in [-0.15, -0.1) is 0 Å². The number of esters is 1. The first-order valence-electron chi connectivity index (χ1n) is 10.7. The van der Waals surface area contributed by atoms with Crippen LogP contribution in [-0.4, -0.2) is 38.4 Å². The van der Waals surface area contributed by atoms with Crippen LogP contribution in [0.2, 0.25) is 18.1 Å². The Bertz CT molecular complexity index is 792. The van der Waals surface area contributed by atoms with Gasteiger partial charge in [0.1, 0.15) is 6.61 Å². The Kier molecular flexibility index (Phi) is 6.39. The SMILES string of the molecule is CCCC1C=CC2=C(COC2=O)N1[C@H](CO[Si](C)(C)C(C)(C)C)c1ccccc1. The number of hydrogen-bond acceptors (Lipinski definition) is 4. The van der Waals surface area contributed by atoms with Gasteiger partial charge in [-0.1, -0.05) is 70.5 Å². The van der Waals surface area contributed by atoms with Crippen LogP contribution in [0.1, 0.15) is 52.1 Å². The highest BCUT2D eigenvalue weighted by atomic mass is 28.4. The van der Waals surface area contributed by atoms with Crippen molar-refractivity contribution in [3.63, 3.8) is 0 Å². The van der Waals surface area contributed by atoms with E-state index >= 15 is 0 Å². The Morgan fingerprint density at radius 2 is 1.93 bits per heavy atom. The van der Waals surface area contributed by atoms with E-state index in [0.717, 1.165) is 18.5 Å². The Hall–Kier alpha value is -1.85. The molecule has 0 aromatic heterocycles. The molecule has 1 aromatic carbocycles. The molecule has 0 amide bonds. The van der Waals surface area contributed by atoms with Crippen molar-refractivity contribution in [2.75, 3.05) is 13.2 Å². The molecular weight excluding hydrogens is 378 g/mol. The molecular formula is C24H35NO3Si. The zero-order valence-electron chi connectivity index (χ0n) is 18.7. The predicted octanol–water partition coefficient (Wildman–Crippen LogP) is 5.60.